The van der Waals surface area contributed by atoms with E-state index in [-0.39, 0.29) is 11.3 Å². The Morgan fingerprint density at radius 3 is 2.72 bits per heavy atom. The maximum atomic E-state index is 12.1. The summed E-state index contributed by atoms with van der Waals surface area (Å²) in [5.41, 5.74) is 5.83. The molecule has 0 radical (unpaired) electrons. The summed E-state index contributed by atoms with van der Waals surface area (Å²) in [6.07, 6.45) is 4.77. The van der Waals surface area contributed by atoms with E-state index in [1.165, 1.54) is 19.4 Å². The Labute approximate surface area is 110 Å². The van der Waals surface area contributed by atoms with Crippen LogP contribution in [0.15, 0.2) is 0 Å². The highest BCUT2D eigenvalue weighted by molar-refractivity contribution is 5.82. The molecule has 2 aliphatic heterocycles. The van der Waals surface area contributed by atoms with E-state index in [2.05, 4.69) is 10.2 Å². The minimum absolute atomic E-state index is 0.0129. The SMILES string of the molecule is CC(C)(C)[C@H](N)C(=O)NC1CCN2CCCC2C1. The summed E-state index contributed by atoms with van der Waals surface area (Å²) in [5, 5.41) is 3.15. The van der Waals surface area contributed by atoms with Gasteiger partial charge in [-0.3, -0.25) is 4.79 Å². The van der Waals surface area contributed by atoms with Crippen LogP contribution in [-0.4, -0.2) is 42.0 Å². The van der Waals surface area contributed by atoms with Crippen LogP contribution in [0.4, 0.5) is 0 Å². The Morgan fingerprint density at radius 2 is 2.06 bits per heavy atom. The largest absolute Gasteiger partial charge is 0.352 e. The van der Waals surface area contributed by atoms with E-state index >= 15 is 0 Å². The fourth-order valence-electron chi connectivity index (χ4n) is 3.04. The molecule has 0 aromatic heterocycles. The molecule has 0 aromatic carbocycles. The Hall–Kier alpha value is -0.610. The quantitative estimate of drug-likeness (QED) is 0.775. The molecular weight excluding hydrogens is 226 g/mol. The highest BCUT2D eigenvalue weighted by atomic mass is 16.2. The first kappa shape index (κ1) is 13.8. The second-order valence-electron chi connectivity index (χ2n) is 6.91. The number of piperidine rings is 1. The normalized spacial score (nSPS) is 30.9. The van der Waals surface area contributed by atoms with Crippen molar-refractivity contribution in [2.45, 2.75) is 64.6 Å². The number of hydrogen-bond donors (Lipinski definition) is 2. The van der Waals surface area contributed by atoms with Crippen molar-refractivity contribution in [1.29, 1.82) is 0 Å². The lowest BCUT2D eigenvalue weighted by molar-refractivity contribution is -0.125. The van der Waals surface area contributed by atoms with Gasteiger partial charge in [0.15, 0.2) is 0 Å². The molecule has 2 aliphatic rings. The first-order valence-electron chi connectivity index (χ1n) is 7.18. The van der Waals surface area contributed by atoms with Crippen molar-refractivity contribution in [3.63, 3.8) is 0 Å². The van der Waals surface area contributed by atoms with Crippen LogP contribution in [0.2, 0.25) is 0 Å². The first-order chi connectivity index (χ1) is 8.38. The topological polar surface area (TPSA) is 58.4 Å². The van der Waals surface area contributed by atoms with Crippen LogP contribution in [0.25, 0.3) is 0 Å². The van der Waals surface area contributed by atoms with Crippen LogP contribution in [0.5, 0.6) is 0 Å². The monoisotopic (exact) mass is 253 g/mol. The molecule has 4 nitrogen and oxygen atoms in total. The van der Waals surface area contributed by atoms with Gasteiger partial charge in [-0.1, -0.05) is 20.8 Å². The van der Waals surface area contributed by atoms with Crippen molar-refractivity contribution in [1.82, 2.24) is 10.2 Å². The molecule has 0 spiro atoms. The standard InChI is InChI=1S/C14H27N3O/c1-14(2,3)12(15)13(18)16-10-6-8-17-7-4-5-11(17)9-10/h10-12H,4-9,15H2,1-3H3,(H,16,18)/t10?,11?,12-/m1/s1. The van der Waals surface area contributed by atoms with Gasteiger partial charge in [0.2, 0.25) is 5.91 Å². The maximum Gasteiger partial charge on any atom is 0.237 e. The predicted molar refractivity (Wildman–Crippen MR) is 73.2 cm³/mol. The van der Waals surface area contributed by atoms with E-state index in [0.717, 1.165) is 19.4 Å². The lowest BCUT2D eigenvalue weighted by Crippen LogP contribution is -2.54. The number of rotatable bonds is 2. The second kappa shape index (κ2) is 5.17. The van der Waals surface area contributed by atoms with Gasteiger partial charge < -0.3 is 16.0 Å². The molecule has 18 heavy (non-hydrogen) atoms. The van der Waals surface area contributed by atoms with Crippen LogP contribution in [-0.2, 0) is 4.79 Å². The Balaban J connectivity index is 1.85. The van der Waals surface area contributed by atoms with Crippen molar-refractivity contribution < 1.29 is 4.79 Å². The lowest BCUT2D eigenvalue weighted by atomic mass is 9.86. The average Bonchev–Trinajstić information content (AvgIpc) is 2.73. The fourth-order valence-corrected chi connectivity index (χ4v) is 3.04. The van der Waals surface area contributed by atoms with Crippen molar-refractivity contribution in [2.75, 3.05) is 13.1 Å². The van der Waals surface area contributed by atoms with E-state index < -0.39 is 6.04 Å². The van der Waals surface area contributed by atoms with Crippen LogP contribution in [0.1, 0.15) is 46.5 Å². The zero-order valence-corrected chi connectivity index (χ0v) is 11.9. The number of hydrogen-bond acceptors (Lipinski definition) is 3. The highest BCUT2D eigenvalue weighted by Gasteiger charge is 2.34. The number of carbonyl (C=O) groups excluding carboxylic acids is 1. The second-order valence-corrected chi connectivity index (χ2v) is 6.91. The summed E-state index contributed by atoms with van der Waals surface area (Å²) in [7, 11) is 0. The molecule has 3 atom stereocenters. The van der Waals surface area contributed by atoms with Crippen molar-refractivity contribution >= 4 is 5.91 Å². The zero-order chi connectivity index (χ0) is 13.3. The van der Waals surface area contributed by atoms with Gasteiger partial charge in [-0.2, -0.15) is 0 Å². The molecular formula is C14H27N3O. The molecule has 3 N–H and O–H groups in total. The van der Waals surface area contributed by atoms with Crippen molar-refractivity contribution in [3.05, 3.63) is 0 Å². The molecule has 0 saturated carbocycles. The molecule has 104 valence electrons. The summed E-state index contributed by atoms with van der Waals surface area (Å²) in [5.74, 6) is 0.0129. The minimum atomic E-state index is -0.417. The van der Waals surface area contributed by atoms with Gasteiger partial charge in [0.1, 0.15) is 0 Å². The van der Waals surface area contributed by atoms with Gasteiger partial charge in [-0.25, -0.2) is 0 Å². The molecule has 0 aliphatic carbocycles. The summed E-state index contributed by atoms with van der Waals surface area (Å²) in [6, 6.07) is 0.597. The number of nitrogens with two attached hydrogens (primary N) is 1. The van der Waals surface area contributed by atoms with Gasteiger partial charge in [-0.15, -0.1) is 0 Å². The third kappa shape index (κ3) is 3.04. The number of carbonyl (C=O) groups is 1. The zero-order valence-electron chi connectivity index (χ0n) is 11.9. The van der Waals surface area contributed by atoms with E-state index in [1.807, 2.05) is 20.8 Å². The van der Waals surface area contributed by atoms with Gasteiger partial charge in [-0.05, 0) is 37.6 Å². The smallest absolute Gasteiger partial charge is 0.237 e. The summed E-state index contributed by atoms with van der Waals surface area (Å²) < 4.78 is 0. The molecule has 2 rings (SSSR count). The van der Waals surface area contributed by atoms with Gasteiger partial charge >= 0.3 is 0 Å². The summed E-state index contributed by atoms with van der Waals surface area (Å²) in [4.78, 5) is 14.7. The molecule has 0 aromatic rings. The summed E-state index contributed by atoms with van der Waals surface area (Å²) >= 11 is 0. The van der Waals surface area contributed by atoms with Crippen LogP contribution >= 0.6 is 0 Å². The molecule has 0 bridgehead atoms. The van der Waals surface area contributed by atoms with E-state index in [4.69, 9.17) is 5.73 Å². The number of fused-ring (bicyclic) bond motifs is 1. The van der Waals surface area contributed by atoms with Gasteiger partial charge in [0.25, 0.3) is 0 Å². The number of nitrogens with zero attached hydrogens (tertiary/aromatic N) is 1. The Kier molecular flexibility index (Phi) is 3.97. The van der Waals surface area contributed by atoms with E-state index in [9.17, 15) is 4.79 Å². The predicted octanol–water partition coefficient (Wildman–Crippen LogP) is 1.10. The van der Waals surface area contributed by atoms with Crippen molar-refractivity contribution in [3.8, 4) is 0 Å². The molecule has 2 unspecified atom stereocenters. The first-order valence-corrected chi connectivity index (χ1v) is 7.18. The lowest BCUT2D eigenvalue weighted by Gasteiger charge is -2.36. The third-order valence-electron chi connectivity index (χ3n) is 4.38. The average molecular weight is 253 g/mol. The highest BCUT2D eigenvalue weighted by Crippen LogP contribution is 2.27. The summed E-state index contributed by atoms with van der Waals surface area (Å²) in [6.45, 7) is 8.40. The third-order valence-corrected chi connectivity index (χ3v) is 4.38. The maximum absolute atomic E-state index is 12.1. The fraction of sp³-hybridized carbons (Fsp3) is 0.929. The number of amides is 1. The molecule has 4 heteroatoms. The van der Waals surface area contributed by atoms with E-state index in [1.54, 1.807) is 0 Å². The number of nitrogens with one attached hydrogen (secondary N) is 1. The molecule has 1 amide bonds. The van der Waals surface area contributed by atoms with Crippen LogP contribution in [0, 0.1) is 5.41 Å². The van der Waals surface area contributed by atoms with Crippen molar-refractivity contribution in [2.24, 2.45) is 11.1 Å². The molecule has 2 saturated heterocycles. The van der Waals surface area contributed by atoms with E-state index in [0.29, 0.717) is 12.1 Å². The van der Waals surface area contributed by atoms with Gasteiger partial charge in [0, 0.05) is 18.6 Å². The van der Waals surface area contributed by atoms with Crippen LogP contribution in [0.3, 0.4) is 0 Å². The minimum Gasteiger partial charge on any atom is -0.352 e. The molecule has 2 heterocycles. The Bertz CT molecular complexity index is 311. The van der Waals surface area contributed by atoms with Crippen LogP contribution < -0.4 is 11.1 Å². The molecule has 2 fully saturated rings. The Morgan fingerprint density at radius 1 is 1.33 bits per heavy atom. The van der Waals surface area contributed by atoms with Gasteiger partial charge in [0.05, 0.1) is 6.04 Å².